The molecule has 0 aromatic heterocycles. The van der Waals surface area contributed by atoms with Crippen molar-refractivity contribution in [1.29, 1.82) is 0 Å². The zero-order chi connectivity index (χ0) is 19.5. The highest BCUT2D eigenvalue weighted by molar-refractivity contribution is 6.06. The normalized spacial score (nSPS) is 10.8. The van der Waals surface area contributed by atoms with E-state index in [2.05, 4.69) is 0 Å². The highest BCUT2D eigenvalue weighted by atomic mass is 16.5. The number of ether oxygens (including phenoxy) is 1. The monoisotopic (exact) mass is 368 g/mol. The number of phenolic OH excluding ortho intramolecular Hbond substituents is 1. The highest BCUT2D eigenvalue weighted by Crippen LogP contribution is 2.39. The molecule has 0 spiro atoms. The van der Waals surface area contributed by atoms with Crippen LogP contribution in [0.2, 0.25) is 0 Å². The Kier molecular flexibility index (Phi) is 4.81. The smallest absolute Gasteiger partial charge is 0.342 e. The number of benzene rings is 4. The maximum absolute atomic E-state index is 12.7. The summed E-state index contributed by atoms with van der Waals surface area (Å²) in [6, 6.07) is 27.3. The second kappa shape index (κ2) is 7.57. The van der Waals surface area contributed by atoms with Gasteiger partial charge in [0.05, 0.1) is 6.61 Å². The van der Waals surface area contributed by atoms with E-state index in [0.29, 0.717) is 5.56 Å². The van der Waals surface area contributed by atoms with Gasteiger partial charge in [0.15, 0.2) is 0 Å². The van der Waals surface area contributed by atoms with Gasteiger partial charge in [0, 0.05) is 5.56 Å². The first-order valence-corrected chi connectivity index (χ1v) is 9.26. The summed E-state index contributed by atoms with van der Waals surface area (Å²) in [5, 5.41) is 12.8. The van der Waals surface area contributed by atoms with Crippen LogP contribution in [0.25, 0.3) is 33.0 Å². The fourth-order valence-electron chi connectivity index (χ4n) is 3.51. The summed E-state index contributed by atoms with van der Waals surface area (Å²) in [6.45, 7) is 2.00. The Hall–Kier alpha value is -3.59. The molecule has 0 saturated heterocycles. The molecule has 0 saturated carbocycles. The Labute approximate surface area is 163 Å². The summed E-state index contributed by atoms with van der Waals surface area (Å²) in [4.78, 5) is 12.7. The fourth-order valence-corrected chi connectivity index (χ4v) is 3.51. The predicted octanol–water partition coefficient (Wildman–Crippen LogP) is 6.06. The van der Waals surface area contributed by atoms with Crippen molar-refractivity contribution >= 4 is 16.7 Å². The minimum Gasteiger partial charge on any atom is -0.507 e. The van der Waals surface area contributed by atoms with Crippen molar-refractivity contribution in [3.63, 3.8) is 0 Å². The van der Waals surface area contributed by atoms with Crippen LogP contribution in [0.1, 0.15) is 17.3 Å². The quantitative estimate of drug-likeness (QED) is 0.446. The molecule has 0 atom stereocenters. The van der Waals surface area contributed by atoms with Crippen LogP contribution in [0.15, 0.2) is 84.9 Å². The Morgan fingerprint density at radius 2 is 1.54 bits per heavy atom. The summed E-state index contributed by atoms with van der Waals surface area (Å²) in [5.74, 6) is -0.606. The average molecular weight is 368 g/mol. The molecule has 0 aliphatic rings. The van der Waals surface area contributed by atoms with Gasteiger partial charge in [-0.05, 0) is 46.5 Å². The number of aromatic hydroxyl groups is 1. The summed E-state index contributed by atoms with van der Waals surface area (Å²) >= 11 is 0. The lowest BCUT2D eigenvalue weighted by Gasteiger charge is -2.15. The minimum atomic E-state index is -0.525. The molecule has 4 rings (SSSR count). The third-order valence-electron chi connectivity index (χ3n) is 4.78. The van der Waals surface area contributed by atoms with E-state index < -0.39 is 5.97 Å². The topological polar surface area (TPSA) is 46.5 Å². The van der Waals surface area contributed by atoms with Crippen LogP contribution in [0.4, 0.5) is 0 Å². The first kappa shape index (κ1) is 17.8. The Balaban J connectivity index is 2.02. The van der Waals surface area contributed by atoms with Crippen LogP contribution < -0.4 is 0 Å². The third-order valence-corrected chi connectivity index (χ3v) is 4.78. The van der Waals surface area contributed by atoms with E-state index in [-0.39, 0.29) is 17.9 Å². The molecule has 4 aromatic carbocycles. The molecule has 1 N–H and O–H groups in total. The maximum atomic E-state index is 12.7. The molecule has 0 aliphatic carbocycles. The molecule has 0 bridgehead atoms. The summed E-state index contributed by atoms with van der Waals surface area (Å²) < 4.78 is 5.23. The van der Waals surface area contributed by atoms with Crippen LogP contribution in [0, 0.1) is 0 Å². The molecular formula is C25H20O3. The van der Waals surface area contributed by atoms with Crippen molar-refractivity contribution in [2.24, 2.45) is 0 Å². The fraction of sp³-hybridized carbons (Fsp3) is 0.0800. The zero-order valence-electron chi connectivity index (χ0n) is 15.6. The molecule has 3 nitrogen and oxygen atoms in total. The van der Waals surface area contributed by atoms with Gasteiger partial charge in [0.25, 0.3) is 0 Å². The molecule has 0 heterocycles. The molecule has 0 unspecified atom stereocenters. The van der Waals surface area contributed by atoms with Crippen molar-refractivity contribution in [2.45, 2.75) is 6.92 Å². The van der Waals surface area contributed by atoms with E-state index in [1.165, 1.54) is 0 Å². The summed E-state index contributed by atoms with van der Waals surface area (Å²) in [7, 11) is 0. The minimum absolute atomic E-state index is 0.0808. The van der Waals surface area contributed by atoms with Gasteiger partial charge in [0.2, 0.25) is 0 Å². The Morgan fingerprint density at radius 1 is 0.821 bits per heavy atom. The van der Waals surface area contributed by atoms with Crippen LogP contribution in [0.5, 0.6) is 5.75 Å². The van der Waals surface area contributed by atoms with Gasteiger partial charge in [-0.3, -0.25) is 0 Å². The van der Waals surface area contributed by atoms with E-state index in [9.17, 15) is 9.90 Å². The zero-order valence-corrected chi connectivity index (χ0v) is 15.6. The van der Waals surface area contributed by atoms with E-state index >= 15 is 0 Å². The molecule has 0 fully saturated rings. The lowest BCUT2D eigenvalue weighted by molar-refractivity contribution is 0.0524. The van der Waals surface area contributed by atoms with Crippen molar-refractivity contribution in [1.82, 2.24) is 0 Å². The van der Waals surface area contributed by atoms with Gasteiger partial charge in [-0.15, -0.1) is 0 Å². The standard InChI is InChI=1S/C25H20O3/c1-2-28-25(27)24-22(21-14-8-12-18-11-6-7-13-20(18)21)15-19(16-23(24)26)17-9-4-3-5-10-17/h3-16,26H,2H2,1H3. The second-order valence-corrected chi connectivity index (χ2v) is 6.53. The highest BCUT2D eigenvalue weighted by Gasteiger charge is 2.21. The van der Waals surface area contributed by atoms with E-state index in [1.54, 1.807) is 13.0 Å². The van der Waals surface area contributed by atoms with Gasteiger partial charge >= 0.3 is 5.97 Å². The van der Waals surface area contributed by atoms with Gasteiger partial charge in [-0.1, -0.05) is 72.8 Å². The number of esters is 1. The van der Waals surface area contributed by atoms with Crippen LogP contribution >= 0.6 is 0 Å². The van der Waals surface area contributed by atoms with Gasteiger partial charge < -0.3 is 9.84 Å². The molecule has 0 amide bonds. The van der Waals surface area contributed by atoms with E-state index in [0.717, 1.165) is 27.5 Å². The Morgan fingerprint density at radius 3 is 2.32 bits per heavy atom. The number of hydrogen-bond acceptors (Lipinski definition) is 3. The first-order valence-electron chi connectivity index (χ1n) is 9.26. The SMILES string of the molecule is CCOC(=O)c1c(O)cc(-c2ccccc2)cc1-c1cccc2ccccc12. The Bertz CT molecular complexity index is 1140. The van der Waals surface area contributed by atoms with Crippen LogP contribution in [-0.2, 0) is 4.74 Å². The molecular weight excluding hydrogens is 348 g/mol. The number of rotatable bonds is 4. The molecule has 4 aromatic rings. The van der Waals surface area contributed by atoms with Gasteiger partial charge in [0.1, 0.15) is 11.3 Å². The van der Waals surface area contributed by atoms with Crippen molar-refractivity contribution < 1.29 is 14.6 Å². The van der Waals surface area contributed by atoms with Crippen LogP contribution in [-0.4, -0.2) is 17.7 Å². The van der Waals surface area contributed by atoms with Crippen molar-refractivity contribution in [3.8, 4) is 28.0 Å². The lowest BCUT2D eigenvalue weighted by atomic mass is 9.91. The predicted molar refractivity (Wildman–Crippen MR) is 112 cm³/mol. The number of carbonyl (C=O) groups is 1. The number of carbonyl (C=O) groups excluding carboxylic acids is 1. The molecule has 0 radical (unpaired) electrons. The van der Waals surface area contributed by atoms with Gasteiger partial charge in [-0.25, -0.2) is 4.79 Å². The third kappa shape index (κ3) is 3.23. The molecule has 3 heteroatoms. The van der Waals surface area contributed by atoms with Gasteiger partial charge in [-0.2, -0.15) is 0 Å². The molecule has 138 valence electrons. The van der Waals surface area contributed by atoms with Crippen molar-refractivity contribution in [3.05, 3.63) is 90.5 Å². The lowest BCUT2D eigenvalue weighted by Crippen LogP contribution is -2.07. The summed E-state index contributed by atoms with van der Waals surface area (Å²) in [6.07, 6.45) is 0. The number of hydrogen-bond donors (Lipinski definition) is 1. The second-order valence-electron chi connectivity index (χ2n) is 6.53. The van der Waals surface area contributed by atoms with Crippen LogP contribution in [0.3, 0.4) is 0 Å². The molecule has 28 heavy (non-hydrogen) atoms. The molecule has 0 aliphatic heterocycles. The average Bonchev–Trinajstić information content (AvgIpc) is 2.73. The number of phenols is 1. The van der Waals surface area contributed by atoms with Crippen molar-refractivity contribution in [2.75, 3.05) is 6.61 Å². The summed E-state index contributed by atoms with van der Waals surface area (Å²) in [5.41, 5.74) is 3.55. The van der Waals surface area contributed by atoms with E-state index in [1.807, 2.05) is 78.9 Å². The maximum Gasteiger partial charge on any atom is 0.342 e. The first-order chi connectivity index (χ1) is 13.7. The van der Waals surface area contributed by atoms with E-state index in [4.69, 9.17) is 4.74 Å². The number of fused-ring (bicyclic) bond motifs is 1. The largest absolute Gasteiger partial charge is 0.507 e.